The first-order valence-electron chi connectivity index (χ1n) is 11.1. The Bertz CT molecular complexity index is 1210. The number of benzene rings is 2. The van der Waals surface area contributed by atoms with E-state index in [0.29, 0.717) is 6.54 Å². The van der Waals surface area contributed by atoms with Gasteiger partial charge < -0.3 is 25.2 Å². The molecule has 3 aromatic rings. The fourth-order valence-electron chi connectivity index (χ4n) is 3.71. The van der Waals surface area contributed by atoms with Crippen molar-refractivity contribution >= 4 is 65.6 Å². The number of halogens is 8. The van der Waals surface area contributed by atoms with Gasteiger partial charge in [-0.2, -0.15) is 26.3 Å². The third-order valence-electron chi connectivity index (χ3n) is 5.35. The van der Waals surface area contributed by atoms with Crippen molar-refractivity contribution in [1.29, 1.82) is 0 Å². The van der Waals surface area contributed by atoms with Gasteiger partial charge in [-0.1, -0.05) is 31.9 Å². The monoisotopic (exact) mass is 693 g/mol. The van der Waals surface area contributed by atoms with Crippen molar-refractivity contribution < 1.29 is 51.3 Å². The van der Waals surface area contributed by atoms with Crippen molar-refractivity contribution in [3.8, 4) is 0 Å². The molecular weight excluding hydrogens is 672 g/mol. The van der Waals surface area contributed by atoms with Crippen LogP contribution in [0.4, 0.5) is 26.3 Å². The number of hydrogen-bond donors (Lipinski definition) is 4. The molecular formula is C23H23Br2F6N3O5. The van der Waals surface area contributed by atoms with E-state index in [4.69, 9.17) is 19.8 Å². The van der Waals surface area contributed by atoms with Gasteiger partial charge in [0.2, 0.25) is 0 Å². The number of aliphatic hydroxyl groups excluding tert-OH is 1. The van der Waals surface area contributed by atoms with Crippen LogP contribution < -0.4 is 5.32 Å². The number of β-amino-alcohol motifs (C(OH)–C–C–N with tert-alkyl or cyclic N) is 1. The molecule has 2 heterocycles. The quantitative estimate of drug-likeness (QED) is 0.289. The SMILES string of the molecule is O=C(O)C(F)(F)F.O=C(O)C(F)(F)F.O[C@H](CN1CCNCC1)Cn1c2ccc(Br)cc2c2cc(Br)ccc21. The Kier molecular flexibility index (Phi) is 11.6. The Morgan fingerprint density at radius 1 is 0.821 bits per heavy atom. The van der Waals surface area contributed by atoms with E-state index in [1.54, 1.807) is 0 Å². The summed E-state index contributed by atoms with van der Waals surface area (Å²) in [4.78, 5) is 20.1. The summed E-state index contributed by atoms with van der Waals surface area (Å²) in [5.74, 6) is -5.51. The highest BCUT2D eigenvalue weighted by Crippen LogP contribution is 2.33. The lowest BCUT2D eigenvalue weighted by molar-refractivity contribution is -0.193. The molecule has 0 spiro atoms. The summed E-state index contributed by atoms with van der Waals surface area (Å²) in [5, 5.41) is 30.7. The van der Waals surface area contributed by atoms with Crippen molar-refractivity contribution in [3.63, 3.8) is 0 Å². The van der Waals surface area contributed by atoms with Crippen LogP contribution in [0.1, 0.15) is 0 Å². The summed E-state index contributed by atoms with van der Waals surface area (Å²) in [7, 11) is 0. The molecule has 0 bridgehead atoms. The maximum atomic E-state index is 10.7. The number of fused-ring (bicyclic) bond motifs is 3. The highest BCUT2D eigenvalue weighted by molar-refractivity contribution is 9.10. The average molecular weight is 695 g/mol. The lowest BCUT2D eigenvalue weighted by atomic mass is 10.2. The first-order valence-corrected chi connectivity index (χ1v) is 12.7. The van der Waals surface area contributed by atoms with Gasteiger partial charge in [0.15, 0.2) is 0 Å². The smallest absolute Gasteiger partial charge is 0.475 e. The van der Waals surface area contributed by atoms with Crippen LogP contribution in [0.3, 0.4) is 0 Å². The van der Waals surface area contributed by atoms with E-state index in [1.165, 1.54) is 10.8 Å². The summed E-state index contributed by atoms with van der Waals surface area (Å²) in [6.07, 6.45) is -10.6. The van der Waals surface area contributed by atoms with Gasteiger partial charge >= 0.3 is 24.3 Å². The second-order valence-electron chi connectivity index (χ2n) is 8.24. The maximum Gasteiger partial charge on any atom is 0.490 e. The van der Waals surface area contributed by atoms with E-state index in [-0.39, 0.29) is 6.10 Å². The van der Waals surface area contributed by atoms with Gasteiger partial charge in [-0.05, 0) is 36.4 Å². The molecule has 1 aromatic heterocycles. The number of aliphatic carboxylic acids is 2. The van der Waals surface area contributed by atoms with Crippen molar-refractivity contribution in [2.24, 2.45) is 0 Å². The molecule has 1 saturated heterocycles. The fraction of sp³-hybridized carbons (Fsp3) is 0.391. The number of rotatable bonds is 4. The zero-order valence-electron chi connectivity index (χ0n) is 19.9. The molecule has 1 aliphatic rings. The average Bonchev–Trinajstić information content (AvgIpc) is 3.11. The number of nitrogens with zero attached hydrogens (tertiary/aromatic N) is 2. The molecule has 1 aliphatic heterocycles. The first-order chi connectivity index (χ1) is 18.0. The number of alkyl halides is 6. The van der Waals surface area contributed by atoms with Gasteiger partial charge in [0.1, 0.15) is 0 Å². The zero-order chi connectivity index (χ0) is 29.5. The second-order valence-corrected chi connectivity index (χ2v) is 10.1. The van der Waals surface area contributed by atoms with Gasteiger partial charge in [-0.3, -0.25) is 4.90 Å². The van der Waals surface area contributed by atoms with Gasteiger partial charge in [0.25, 0.3) is 0 Å². The highest BCUT2D eigenvalue weighted by atomic mass is 79.9. The van der Waals surface area contributed by atoms with E-state index in [1.807, 2.05) is 0 Å². The fourth-order valence-corrected chi connectivity index (χ4v) is 4.43. The van der Waals surface area contributed by atoms with Gasteiger partial charge in [0, 0.05) is 63.5 Å². The standard InChI is InChI=1S/C19H21Br2N3O.2C2HF3O2/c20-13-1-3-18-16(9-13)17-10-14(21)2-4-19(17)24(18)12-15(25)11-23-7-5-22-6-8-23;2*3-2(4,5)1(6)7/h1-4,9-10,15,22,25H,5-8,11-12H2;2*(H,6,7)/t15-;;/m1../s1. The molecule has 16 heteroatoms. The number of carboxylic acid groups (broad SMARTS) is 2. The number of aromatic nitrogens is 1. The largest absolute Gasteiger partial charge is 0.490 e. The molecule has 1 fully saturated rings. The molecule has 0 aliphatic carbocycles. The Hall–Kier alpha value is -2.40. The summed E-state index contributed by atoms with van der Waals surface area (Å²) in [6, 6.07) is 12.7. The number of hydrogen-bond acceptors (Lipinski definition) is 5. The van der Waals surface area contributed by atoms with Crippen LogP contribution in [-0.4, -0.2) is 87.9 Å². The number of nitrogens with one attached hydrogen (secondary N) is 1. The third-order valence-corrected chi connectivity index (χ3v) is 6.33. The summed E-state index contributed by atoms with van der Waals surface area (Å²) in [6.45, 7) is 5.34. The number of carbonyl (C=O) groups is 2. The lowest BCUT2D eigenvalue weighted by Gasteiger charge is -2.29. The highest BCUT2D eigenvalue weighted by Gasteiger charge is 2.38. The zero-order valence-corrected chi connectivity index (χ0v) is 23.0. The molecule has 1 atom stereocenters. The topological polar surface area (TPSA) is 115 Å². The Morgan fingerprint density at radius 3 is 1.56 bits per heavy atom. The van der Waals surface area contributed by atoms with Gasteiger partial charge in [-0.15, -0.1) is 0 Å². The number of aliphatic hydroxyl groups is 1. The van der Waals surface area contributed by atoms with Crippen LogP contribution in [0.25, 0.3) is 21.8 Å². The van der Waals surface area contributed by atoms with Crippen LogP contribution in [0.2, 0.25) is 0 Å². The van der Waals surface area contributed by atoms with E-state index in [0.717, 1.165) is 52.7 Å². The van der Waals surface area contributed by atoms with Crippen LogP contribution in [0.15, 0.2) is 45.3 Å². The van der Waals surface area contributed by atoms with E-state index in [9.17, 15) is 31.4 Å². The molecule has 4 N–H and O–H groups in total. The molecule has 0 radical (unpaired) electrons. The summed E-state index contributed by atoms with van der Waals surface area (Å²) < 4.78 is 67.9. The normalized spacial score (nSPS) is 15.2. The van der Waals surface area contributed by atoms with Crippen LogP contribution >= 0.6 is 31.9 Å². The Labute approximate surface area is 234 Å². The van der Waals surface area contributed by atoms with Gasteiger partial charge in [0.05, 0.1) is 12.6 Å². The van der Waals surface area contributed by atoms with Crippen molar-refractivity contribution in [2.75, 3.05) is 32.7 Å². The Morgan fingerprint density at radius 2 is 1.21 bits per heavy atom. The van der Waals surface area contributed by atoms with Crippen molar-refractivity contribution in [1.82, 2.24) is 14.8 Å². The van der Waals surface area contributed by atoms with E-state index in [2.05, 4.69) is 83.0 Å². The van der Waals surface area contributed by atoms with Crippen LogP contribution in [0, 0.1) is 0 Å². The molecule has 0 unspecified atom stereocenters. The number of carboxylic acids is 2. The van der Waals surface area contributed by atoms with Gasteiger partial charge in [-0.25, -0.2) is 9.59 Å². The molecule has 216 valence electrons. The first kappa shape index (κ1) is 32.8. The van der Waals surface area contributed by atoms with Crippen LogP contribution in [0.5, 0.6) is 0 Å². The lowest BCUT2D eigenvalue weighted by Crippen LogP contribution is -2.46. The predicted octanol–water partition coefficient (Wildman–Crippen LogP) is 4.85. The van der Waals surface area contributed by atoms with E-state index >= 15 is 0 Å². The molecule has 39 heavy (non-hydrogen) atoms. The maximum absolute atomic E-state index is 10.7. The Balaban J connectivity index is 0.000000317. The summed E-state index contributed by atoms with van der Waals surface area (Å²) >= 11 is 7.16. The minimum Gasteiger partial charge on any atom is -0.475 e. The summed E-state index contributed by atoms with van der Waals surface area (Å²) in [5.41, 5.74) is 2.33. The minimum atomic E-state index is -5.08. The van der Waals surface area contributed by atoms with E-state index < -0.39 is 24.3 Å². The molecule has 8 nitrogen and oxygen atoms in total. The third kappa shape index (κ3) is 9.94. The van der Waals surface area contributed by atoms with Crippen LogP contribution in [-0.2, 0) is 16.1 Å². The molecule has 0 amide bonds. The van der Waals surface area contributed by atoms with Crippen molar-refractivity contribution in [2.45, 2.75) is 25.0 Å². The minimum absolute atomic E-state index is 0.385. The molecule has 4 rings (SSSR count). The second kappa shape index (κ2) is 13.8. The molecule has 0 saturated carbocycles. The predicted molar refractivity (Wildman–Crippen MR) is 138 cm³/mol. The van der Waals surface area contributed by atoms with Crippen molar-refractivity contribution in [3.05, 3.63) is 45.3 Å². The molecule has 2 aromatic carbocycles. The number of piperazine rings is 1.